The Kier molecular flexibility index (Phi) is 6.14. The van der Waals surface area contributed by atoms with Gasteiger partial charge in [0, 0.05) is 5.75 Å². The Labute approximate surface area is 208 Å². The third kappa shape index (κ3) is 4.45. The average molecular weight is 506 g/mol. The lowest BCUT2D eigenvalue weighted by molar-refractivity contribution is -0.117. The fourth-order valence-electron chi connectivity index (χ4n) is 3.77. The molecule has 0 saturated carbocycles. The maximum Gasteiger partial charge on any atom is 0.296 e. The molecular weight excluding hydrogens is 486 g/mol. The van der Waals surface area contributed by atoms with Crippen molar-refractivity contribution < 1.29 is 24.2 Å². The number of rotatable bonds is 7. The minimum atomic E-state index is -0.971. The number of phenols is 1. The number of ketones is 1. The summed E-state index contributed by atoms with van der Waals surface area (Å²) in [5, 5.41) is 29.2. The minimum Gasteiger partial charge on any atom is -0.508 e. The fraction of sp³-hybridized carbons (Fsp3) is 0.120. The van der Waals surface area contributed by atoms with E-state index in [9.17, 15) is 19.8 Å². The minimum absolute atomic E-state index is 0.0128. The molecule has 0 saturated heterocycles. The Morgan fingerprint density at radius 1 is 1.06 bits per heavy atom. The van der Waals surface area contributed by atoms with E-state index in [1.165, 1.54) is 46.2 Å². The topological polar surface area (TPSA) is 117 Å². The standard InChI is InChI=1S/C25H19N3O5S2/c1-14-7-12-18(33-14)21(30)19-20(16-8-10-17(29)11-9-16)28(23(32)22(19)31)24-26-27-25(35-24)34-13-15-5-3-2-4-6-15/h2-12,20,29,31H,13H2,1H3. The molecule has 0 fully saturated rings. The highest BCUT2D eigenvalue weighted by molar-refractivity contribution is 8.00. The van der Waals surface area contributed by atoms with Crippen LogP contribution in [0.5, 0.6) is 5.75 Å². The van der Waals surface area contributed by atoms with Gasteiger partial charge in [0.2, 0.25) is 10.9 Å². The molecule has 3 heterocycles. The first-order valence-corrected chi connectivity index (χ1v) is 12.4. The van der Waals surface area contributed by atoms with Gasteiger partial charge in [0.1, 0.15) is 11.5 Å². The van der Waals surface area contributed by atoms with Crippen LogP contribution in [0.25, 0.3) is 0 Å². The van der Waals surface area contributed by atoms with Gasteiger partial charge in [-0.3, -0.25) is 14.5 Å². The van der Waals surface area contributed by atoms with Crippen LogP contribution in [-0.2, 0) is 10.5 Å². The van der Waals surface area contributed by atoms with E-state index >= 15 is 0 Å². The summed E-state index contributed by atoms with van der Waals surface area (Å²) in [7, 11) is 0. The monoisotopic (exact) mass is 505 g/mol. The second-order valence-electron chi connectivity index (χ2n) is 7.80. The van der Waals surface area contributed by atoms with Crippen molar-refractivity contribution in [1.29, 1.82) is 0 Å². The molecule has 0 radical (unpaired) electrons. The van der Waals surface area contributed by atoms with Gasteiger partial charge in [-0.05, 0) is 42.3 Å². The number of anilines is 1. The Balaban J connectivity index is 1.50. The number of amides is 1. The van der Waals surface area contributed by atoms with Crippen LogP contribution in [0.15, 0.2) is 86.8 Å². The van der Waals surface area contributed by atoms with Gasteiger partial charge in [0.15, 0.2) is 15.9 Å². The van der Waals surface area contributed by atoms with Crippen molar-refractivity contribution in [3.63, 3.8) is 0 Å². The summed E-state index contributed by atoms with van der Waals surface area (Å²) in [4.78, 5) is 27.8. The molecule has 1 unspecified atom stereocenters. The molecule has 10 heteroatoms. The van der Waals surface area contributed by atoms with Crippen LogP contribution in [-0.4, -0.2) is 32.1 Å². The molecule has 2 N–H and O–H groups in total. The zero-order valence-corrected chi connectivity index (χ0v) is 20.0. The Bertz CT molecular complexity index is 1430. The van der Waals surface area contributed by atoms with Crippen molar-refractivity contribution in [2.24, 2.45) is 0 Å². The predicted molar refractivity (Wildman–Crippen MR) is 132 cm³/mol. The van der Waals surface area contributed by atoms with E-state index in [1.54, 1.807) is 25.1 Å². The van der Waals surface area contributed by atoms with E-state index in [0.29, 0.717) is 21.4 Å². The van der Waals surface area contributed by atoms with Crippen molar-refractivity contribution in [2.75, 3.05) is 4.90 Å². The summed E-state index contributed by atoms with van der Waals surface area (Å²) >= 11 is 2.67. The number of aromatic nitrogens is 2. The van der Waals surface area contributed by atoms with E-state index in [1.807, 2.05) is 30.3 Å². The molecule has 1 atom stereocenters. The van der Waals surface area contributed by atoms with Crippen LogP contribution >= 0.6 is 23.1 Å². The van der Waals surface area contributed by atoms with Crippen molar-refractivity contribution in [1.82, 2.24) is 10.2 Å². The maximum atomic E-state index is 13.3. The number of aryl methyl sites for hydroxylation is 1. The summed E-state index contributed by atoms with van der Waals surface area (Å²) in [5.74, 6) is -0.786. The average Bonchev–Trinajstić information content (AvgIpc) is 3.57. The fourth-order valence-corrected chi connectivity index (χ4v) is 5.60. The van der Waals surface area contributed by atoms with Crippen molar-refractivity contribution in [2.45, 2.75) is 23.1 Å². The quantitative estimate of drug-likeness (QED) is 0.199. The van der Waals surface area contributed by atoms with Crippen LogP contribution in [0.4, 0.5) is 5.13 Å². The number of aliphatic hydroxyl groups excluding tert-OH is 1. The molecule has 1 amide bonds. The van der Waals surface area contributed by atoms with Gasteiger partial charge in [0.05, 0.1) is 11.6 Å². The van der Waals surface area contributed by atoms with E-state index in [0.717, 1.165) is 5.56 Å². The van der Waals surface area contributed by atoms with E-state index in [-0.39, 0.29) is 22.2 Å². The first-order chi connectivity index (χ1) is 16.9. The number of hydrogen-bond donors (Lipinski definition) is 2. The lowest BCUT2D eigenvalue weighted by atomic mass is 9.95. The van der Waals surface area contributed by atoms with Crippen LogP contribution < -0.4 is 4.90 Å². The first kappa shape index (κ1) is 22.9. The summed E-state index contributed by atoms with van der Waals surface area (Å²) in [5.41, 5.74) is 1.51. The van der Waals surface area contributed by atoms with E-state index in [2.05, 4.69) is 10.2 Å². The van der Waals surface area contributed by atoms with Crippen LogP contribution in [0.2, 0.25) is 0 Å². The number of phenolic OH excluding ortho intramolecular Hbond substituents is 1. The largest absolute Gasteiger partial charge is 0.508 e. The number of benzene rings is 2. The Morgan fingerprint density at radius 2 is 1.80 bits per heavy atom. The molecule has 176 valence electrons. The molecule has 0 spiro atoms. The molecule has 8 nitrogen and oxygen atoms in total. The van der Waals surface area contributed by atoms with Gasteiger partial charge in [-0.15, -0.1) is 10.2 Å². The molecule has 1 aliphatic rings. The normalized spacial score (nSPS) is 15.7. The highest BCUT2D eigenvalue weighted by atomic mass is 32.2. The van der Waals surface area contributed by atoms with Crippen molar-refractivity contribution in [3.8, 4) is 5.75 Å². The van der Waals surface area contributed by atoms with Crippen molar-refractivity contribution in [3.05, 3.63) is 101 Å². The number of carbonyl (C=O) groups excluding carboxylic acids is 2. The van der Waals surface area contributed by atoms with Crippen LogP contribution in [0, 0.1) is 6.92 Å². The third-order valence-corrected chi connectivity index (χ3v) is 7.56. The van der Waals surface area contributed by atoms with Gasteiger partial charge in [-0.25, -0.2) is 0 Å². The summed E-state index contributed by atoms with van der Waals surface area (Å²) in [6.07, 6.45) is 0. The number of aromatic hydroxyl groups is 1. The Hall–Kier alpha value is -3.89. The molecule has 0 aliphatic carbocycles. The van der Waals surface area contributed by atoms with Gasteiger partial charge in [-0.1, -0.05) is 65.6 Å². The number of aliphatic hydroxyl groups is 1. The van der Waals surface area contributed by atoms with E-state index < -0.39 is 23.5 Å². The maximum absolute atomic E-state index is 13.3. The smallest absolute Gasteiger partial charge is 0.296 e. The summed E-state index contributed by atoms with van der Waals surface area (Å²) in [6, 6.07) is 18.1. The molecule has 5 rings (SSSR count). The highest BCUT2D eigenvalue weighted by Crippen LogP contribution is 2.44. The third-order valence-electron chi connectivity index (χ3n) is 5.43. The lowest BCUT2D eigenvalue weighted by Gasteiger charge is -2.23. The first-order valence-electron chi connectivity index (χ1n) is 10.6. The molecular formula is C25H19N3O5S2. The molecule has 1 aliphatic heterocycles. The number of Topliss-reactive ketones (excluding diaryl/α,β-unsaturated/α-hetero) is 1. The molecule has 2 aromatic carbocycles. The van der Waals surface area contributed by atoms with Gasteiger partial charge in [-0.2, -0.15) is 0 Å². The predicted octanol–water partition coefficient (Wildman–Crippen LogP) is 5.22. The zero-order chi connectivity index (χ0) is 24.5. The Morgan fingerprint density at radius 3 is 2.49 bits per heavy atom. The number of hydrogen-bond acceptors (Lipinski definition) is 9. The SMILES string of the molecule is Cc1ccc(C(=O)C2=C(O)C(=O)N(c3nnc(SCc4ccccc4)s3)C2c2ccc(O)cc2)o1. The molecule has 4 aromatic rings. The molecule has 2 aromatic heterocycles. The van der Waals surface area contributed by atoms with Crippen LogP contribution in [0.1, 0.15) is 33.5 Å². The van der Waals surface area contributed by atoms with Crippen LogP contribution in [0.3, 0.4) is 0 Å². The zero-order valence-electron chi connectivity index (χ0n) is 18.4. The summed E-state index contributed by atoms with van der Waals surface area (Å²) < 4.78 is 6.11. The number of furan rings is 1. The highest BCUT2D eigenvalue weighted by Gasteiger charge is 2.46. The second-order valence-corrected chi connectivity index (χ2v) is 9.97. The van der Waals surface area contributed by atoms with E-state index in [4.69, 9.17) is 4.42 Å². The number of carbonyl (C=O) groups is 2. The molecule has 35 heavy (non-hydrogen) atoms. The number of nitrogens with zero attached hydrogens (tertiary/aromatic N) is 3. The van der Waals surface area contributed by atoms with Crippen molar-refractivity contribution >= 4 is 39.9 Å². The van der Waals surface area contributed by atoms with Gasteiger partial charge < -0.3 is 14.6 Å². The van der Waals surface area contributed by atoms with Gasteiger partial charge in [0.25, 0.3) is 5.91 Å². The second kappa shape index (κ2) is 9.40. The summed E-state index contributed by atoms with van der Waals surface area (Å²) in [6.45, 7) is 1.70. The molecule has 0 bridgehead atoms. The number of thioether (sulfide) groups is 1. The lowest BCUT2D eigenvalue weighted by Crippen LogP contribution is -2.31. The van der Waals surface area contributed by atoms with Gasteiger partial charge >= 0.3 is 0 Å².